The molecule has 0 aliphatic heterocycles. The van der Waals surface area contributed by atoms with Gasteiger partial charge in [-0.05, 0) is 81.6 Å². The van der Waals surface area contributed by atoms with E-state index in [4.69, 9.17) is 9.47 Å². The van der Waals surface area contributed by atoms with Gasteiger partial charge in [-0.15, -0.1) is 10.2 Å². The van der Waals surface area contributed by atoms with E-state index in [0.29, 0.717) is 35.0 Å². The summed E-state index contributed by atoms with van der Waals surface area (Å²) in [5.41, 5.74) is 2.78. The third-order valence-corrected chi connectivity index (χ3v) is 5.76. The topological polar surface area (TPSA) is 111 Å². The van der Waals surface area contributed by atoms with Crippen molar-refractivity contribution in [1.82, 2.24) is 25.5 Å². The number of anilines is 1. The fraction of sp³-hybridized carbons (Fsp3) is 0.444. The lowest BCUT2D eigenvalue weighted by molar-refractivity contribution is -0.128. The second-order valence-corrected chi connectivity index (χ2v) is 9.93. The predicted octanol–water partition coefficient (Wildman–Crippen LogP) is 3.70. The van der Waals surface area contributed by atoms with Crippen molar-refractivity contribution in [3.05, 3.63) is 47.5 Å². The largest absolute Gasteiger partial charge is 0.493 e. The number of aromatic nitrogens is 4. The molecule has 0 saturated carbocycles. The molecule has 0 saturated heterocycles. The molecule has 0 bridgehead atoms. The lowest BCUT2D eigenvalue weighted by Crippen LogP contribution is -2.54. The zero-order valence-corrected chi connectivity index (χ0v) is 22.8. The molecule has 10 heteroatoms. The van der Waals surface area contributed by atoms with E-state index in [1.54, 1.807) is 37.3 Å². The highest BCUT2D eigenvalue weighted by Gasteiger charge is 2.33. The molecule has 0 aliphatic carbocycles. The van der Waals surface area contributed by atoms with Crippen LogP contribution in [0.15, 0.2) is 36.4 Å². The lowest BCUT2D eigenvalue weighted by atomic mass is 10.0. The Balaban J connectivity index is 1.94. The molecule has 3 aromatic rings. The van der Waals surface area contributed by atoms with Gasteiger partial charge in [0.1, 0.15) is 12.6 Å². The summed E-state index contributed by atoms with van der Waals surface area (Å²) in [6.07, 6.45) is 0.433. The van der Waals surface area contributed by atoms with Gasteiger partial charge in [0, 0.05) is 16.8 Å². The van der Waals surface area contributed by atoms with Crippen LogP contribution in [0.5, 0.6) is 11.5 Å². The Morgan fingerprint density at radius 2 is 1.76 bits per heavy atom. The van der Waals surface area contributed by atoms with Crippen molar-refractivity contribution in [3.8, 4) is 22.9 Å². The van der Waals surface area contributed by atoms with Crippen molar-refractivity contribution in [2.24, 2.45) is 0 Å². The Kier molecular flexibility index (Phi) is 8.52. The number of nitrogens with zero attached hydrogens (tertiary/aromatic N) is 5. The average molecular weight is 509 g/mol. The molecule has 1 heterocycles. The number of hydrogen-bond donors (Lipinski definition) is 1. The van der Waals surface area contributed by atoms with Crippen molar-refractivity contribution in [2.45, 2.75) is 66.1 Å². The molecular formula is C27H36N6O4. The third kappa shape index (κ3) is 6.63. The molecule has 10 nitrogen and oxygen atoms in total. The Morgan fingerprint density at radius 3 is 2.38 bits per heavy atom. The molecule has 0 aliphatic rings. The SMILES string of the molecule is CC[C@H](C(=O)NC(C)(C)C)N(C(=O)Cn1nnc(-c2ccc(OC)c(OC)c2)n1)c1cc(C)ccc1C. The summed E-state index contributed by atoms with van der Waals surface area (Å²) < 4.78 is 10.6. The molecule has 0 fully saturated rings. The summed E-state index contributed by atoms with van der Waals surface area (Å²) >= 11 is 0. The fourth-order valence-corrected chi connectivity index (χ4v) is 3.99. The normalized spacial score (nSPS) is 12.1. The van der Waals surface area contributed by atoms with E-state index in [1.807, 2.05) is 59.7 Å². The standard InChI is InChI=1S/C27H36N6O4/c1-9-20(26(35)28-27(4,5)6)33(21-14-17(2)10-11-18(21)3)24(34)16-32-30-25(29-31-32)19-12-13-22(36-7)23(15-19)37-8/h10-15,20H,9,16H2,1-8H3,(H,28,35)/t20-/m1/s1. The number of methoxy groups -OCH3 is 2. The first-order valence-electron chi connectivity index (χ1n) is 12.2. The molecule has 1 atom stereocenters. The maximum Gasteiger partial charge on any atom is 0.251 e. The monoisotopic (exact) mass is 508 g/mol. The van der Waals surface area contributed by atoms with Crippen LogP contribution in [0.2, 0.25) is 0 Å². The predicted molar refractivity (Wildman–Crippen MR) is 142 cm³/mol. The zero-order chi connectivity index (χ0) is 27.3. The second-order valence-electron chi connectivity index (χ2n) is 9.93. The molecule has 0 spiro atoms. The molecule has 3 rings (SSSR count). The van der Waals surface area contributed by atoms with Gasteiger partial charge in [0.05, 0.1) is 14.2 Å². The number of hydrogen-bond acceptors (Lipinski definition) is 7. The molecule has 1 N–H and O–H groups in total. The van der Waals surface area contributed by atoms with Crippen LogP contribution in [-0.2, 0) is 16.1 Å². The van der Waals surface area contributed by atoms with Gasteiger partial charge >= 0.3 is 0 Å². The van der Waals surface area contributed by atoms with Crippen LogP contribution in [0, 0.1) is 13.8 Å². The molecule has 0 unspecified atom stereocenters. The molecular weight excluding hydrogens is 472 g/mol. The minimum atomic E-state index is -0.707. The van der Waals surface area contributed by atoms with Crippen LogP contribution in [-0.4, -0.2) is 57.8 Å². The van der Waals surface area contributed by atoms with E-state index in [0.717, 1.165) is 11.1 Å². The minimum Gasteiger partial charge on any atom is -0.493 e. The number of benzene rings is 2. The maximum atomic E-state index is 13.8. The van der Waals surface area contributed by atoms with Crippen molar-refractivity contribution >= 4 is 17.5 Å². The number of aryl methyl sites for hydroxylation is 2. The van der Waals surface area contributed by atoms with E-state index in [-0.39, 0.29) is 18.4 Å². The van der Waals surface area contributed by atoms with E-state index < -0.39 is 11.6 Å². The van der Waals surface area contributed by atoms with E-state index in [9.17, 15) is 9.59 Å². The average Bonchev–Trinajstić information content (AvgIpc) is 3.30. The summed E-state index contributed by atoms with van der Waals surface area (Å²) in [4.78, 5) is 29.8. The quantitative estimate of drug-likeness (QED) is 0.469. The van der Waals surface area contributed by atoms with Crippen LogP contribution < -0.4 is 19.7 Å². The Hall–Kier alpha value is -3.95. The van der Waals surface area contributed by atoms with Crippen LogP contribution in [0.4, 0.5) is 5.69 Å². The van der Waals surface area contributed by atoms with Crippen molar-refractivity contribution in [1.29, 1.82) is 0 Å². The van der Waals surface area contributed by atoms with Gasteiger partial charge in [-0.3, -0.25) is 14.5 Å². The fourth-order valence-electron chi connectivity index (χ4n) is 3.99. The van der Waals surface area contributed by atoms with Crippen LogP contribution >= 0.6 is 0 Å². The molecule has 1 aromatic heterocycles. The number of nitrogens with one attached hydrogen (secondary N) is 1. The maximum absolute atomic E-state index is 13.8. The summed E-state index contributed by atoms with van der Waals surface area (Å²) in [7, 11) is 3.11. The first-order chi connectivity index (χ1) is 17.5. The Bertz CT molecular complexity index is 1260. The first-order valence-corrected chi connectivity index (χ1v) is 12.2. The van der Waals surface area contributed by atoms with E-state index >= 15 is 0 Å². The van der Waals surface area contributed by atoms with Crippen molar-refractivity contribution in [3.63, 3.8) is 0 Å². The number of carbonyl (C=O) groups is 2. The van der Waals surface area contributed by atoms with Crippen molar-refractivity contribution in [2.75, 3.05) is 19.1 Å². The number of tetrazole rings is 1. The van der Waals surface area contributed by atoms with E-state index in [2.05, 4.69) is 20.7 Å². The lowest BCUT2D eigenvalue weighted by Gasteiger charge is -2.33. The van der Waals surface area contributed by atoms with Gasteiger partial charge < -0.3 is 14.8 Å². The smallest absolute Gasteiger partial charge is 0.251 e. The Labute approximate surface area is 217 Å². The molecule has 2 aromatic carbocycles. The second kappa shape index (κ2) is 11.4. The van der Waals surface area contributed by atoms with Gasteiger partial charge in [-0.25, -0.2) is 0 Å². The number of amides is 2. The molecule has 37 heavy (non-hydrogen) atoms. The molecule has 0 radical (unpaired) electrons. The van der Waals surface area contributed by atoms with Crippen molar-refractivity contribution < 1.29 is 19.1 Å². The number of ether oxygens (including phenoxy) is 2. The molecule has 198 valence electrons. The number of carbonyl (C=O) groups excluding carboxylic acids is 2. The zero-order valence-electron chi connectivity index (χ0n) is 22.8. The number of rotatable bonds is 9. The van der Waals surface area contributed by atoms with Gasteiger partial charge in [-0.1, -0.05) is 19.1 Å². The summed E-state index contributed by atoms with van der Waals surface area (Å²) in [5, 5.41) is 15.6. The van der Waals surface area contributed by atoms with Gasteiger partial charge in [0.2, 0.25) is 11.7 Å². The molecule has 2 amide bonds. The van der Waals surface area contributed by atoms with Gasteiger partial charge in [0.15, 0.2) is 11.5 Å². The minimum absolute atomic E-state index is 0.188. The highest BCUT2D eigenvalue weighted by atomic mass is 16.5. The van der Waals surface area contributed by atoms with Gasteiger partial charge in [-0.2, -0.15) is 4.80 Å². The highest BCUT2D eigenvalue weighted by Crippen LogP contribution is 2.31. The van der Waals surface area contributed by atoms with Crippen LogP contribution in [0.1, 0.15) is 45.2 Å². The van der Waals surface area contributed by atoms with Crippen LogP contribution in [0.3, 0.4) is 0 Å². The van der Waals surface area contributed by atoms with Crippen LogP contribution in [0.25, 0.3) is 11.4 Å². The Morgan fingerprint density at radius 1 is 1.05 bits per heavy atom. The summed E-state index contributed by atoms with van der Waals surface area (Å²) in [6, 6.07) is 10.4. The highest BCUT2D eigenvalue weighted by molar-refractivity contribution is 6.01. The first kappa shape index (κ1) is 27.6. The third-order valence-electron chi connectivity index (χ3n) is 5.76. The van der Waals surface area contributed by atoms with E-state index in [1.165, 1.54) is 4.80 Å². The summed E-state index contributed by atoms with van der Waals surface area (Å²) in [5.74, 6) is 0.911. The summed E-state index contributed by atoms with van der Waals surface area (Å²) in [6.45, 7) is 11.3. The van der Waals surface area contributed by atoms with Gasteiger partial charge in [0.25, 0.3) is 5.91 Å².